The number of morpholine rings is 1. The average molecular weight is 448 g/mol. The summed E-state index contributed by atoms with van der Waals surface area (Å²) in [4.78, 5) is 14.6. The number of carbonyl (C=O) groups is 1. The van der Waals surface area contributed by atoms with E-state index in [-0.39, 0.29) is 11.7 Å². The number of carbonyl (C=O) groups excluding carboxylic acids is 1. The van der Waals surface area contributed by atoms with E-state index in [0.29, 0.717) is 28.3 Å². The number of nitrogens with one attached hydrogen (secondary N) is 1. The maximum absolute atomic E-state index is 12.3. The van der Waals surface area contributed by atoms with Crippen LogP contribution in [0.3, 0.4) is 0 Å². The third-order valence-corrected chi connectivity index (χ3v) is 5.83. The fourth-order valence-electron chi connectivity index (χ4n) is 3.11. The maximum Gasteiger partial charge on any atom is 0.230 e. The molecule has 3 heterocycles. The fraction of sp³-hybridized carbons (Fsp3) is 0.350. The maximum atomic E-state index is 12.3. The molecule has 1 amide bonds. The average Bonchev–Trinajstić information content (AvgIpc) is 3.43. The minimum atomic E-state index is -0.0431. The van der Waals surface area contributed by atoms with Crippen molar-refractivity contribution in [1.82, 2.24) is 25.0 Å². The van der Waals surface area contributed by atoms with Gasteiger partial charge in [0, 0.05) is 36.9 Å². The summed E-state index contributed by atoms with van der Waals surface area (Å²) in [5.74, 6) is 1.36. The van der Waals surface area contributed by atoms with Crippen LogP contribution in [0.15, 0.2) is 52.2 Å². The number of aromatic nitrogens is 3. The van der Waals surface area contributed by atoms with E-state index in [9.17, 15) is 4.79 Å². The van der Waals surface area contributed by atoms with Gasteiger partial charge in [-0.2, -0.15) is 0 Å². The molecule has 1 saturated heterocycles. The highest BCUT2D eigenvalue weighted by Gasteiger charge is 2.19. The first-order valence-electron chi connectivity index (χ1n) is 9.65. The number of hydrogen-bond acceptors (Lipinski definition) is 7. The van der Waals surface area contributed by atoms with Gasteiger partial charge in [-0.1, -0.05) is 23.4 Å². The SMILES string of the molecule is O=C(CSc1nnc(-c2ccco2)n1-c1ccc(Cl)cc1)NCCN1CCOCC1. The molecule has 1 aliphatic rings. The molecular formula is C20H22ClN5O3S. The van der Waals surface area contributed by atoms with Gasteiger partial charge < -0.3 is 14.5 Å². The van der Waals surface area contributed by atoms with E-state index < -0.39 is 0 Å². The number of halogens is 1. The molecule has 8 nitrogen and oxygen atoms in total. The number of thioether (sulfide) groups is 1. The number of benzene rings is 1. The van der Waals surface area contributed by atoms with Gasteiger partial charge in [0.25, 0.3) is 0 Å². The summed E-state index contributed by atoms with van der Waals surface area (Å²) < 4.78 is 12.7. The highest BCUT2D eigenvalue weighted by Crippen LogP contribution is 2.28. The summed E-state index contributed by atoms with van der Waals surface area (Å²) >= 11 is 7.36. The lowest BCUT2D eigenvalue weighted by Gasteiger charge is -2.26. The second-order valence-electron chi connectivity index (χ2n) is 6.69. The van der Waals surface area contributed by atoms with Gasteiger partial charge >= 0.3 is 0 Å². The summed E-state index contributed by atoms with van der Waals surface area (Å²) in [5.41, 5.74) is 0.839. The Morgan fingerprint density at radius 3 is 2.70 bits per heavy atom. The topological polar surface area (TPSA) is 85.4 Å². The van der Waals surface area contributed by atoms with Crippen molar-refractivity contribution in [2.24, 2.45) is 0 Å². The molecule has 0 spiro atoms. The first-order chi connectivity index (χ1) is 14.7. The van der Waals surface area contributed by atoms with E-state index in [1.165, 1.54) is 11.8 Å². The Bertz CT molecular complexity index is 955. The predicted octanol–water partition coefficient (Wildman–Crippen LogP) is 2.72. The van der Waals surface area contributed by atoms with Crippen LogP contribution in [0.5, 0.6) is 0 Å². The van der Waals surface area contributed by atoms with Crippen LogP contribution in [0.1, 0.15) is 0 Å². The Labute approximate surface area is 183 Å². The highest BCUT2D eigenvalue weighted by molar-refractivity contribution is 7.99. The van der Waals surface area contributed by atoms with Gasteiger partial charge in [-0.15, -0.1) is 10.2 Å². The van der Waals surface area contributed by atoms with Crippen LogP contribution in [0.4, 0.5) is 0 Å². The Morgan fingerprint density at radius 1 is 1.17 bits per heavy atom. The highest BCUT2D eigenvalue weighted by atomic mass is 35.5. The van der Waals surface area contributed by atoms with Gasteiger partial charge in [-0.3, -0.25) is 14.3 Å². The lowest BCUT2D eigenvalue weighted by molar-refractivity contribution is -0.118. The predicted molar refractivity (Wildman–Crippen MR) is 115 cm³/mol. The molecule has 10 heteroatoms. The molecule has 0 radical (unpaired) electrons. The van der Waals surface area contributed by atoms with Crippen molar-refractivity contribution < 1.29 is 13.9 Å². The van der Waals surface area contributed by atoms with E-state index >= 15 is 0 Å². The zero-order valence-corrected chi connectivity index (χ0v) is 17.9. The molecule has 2 aromatic heterocycles. The molecule has 3 aromatic rings. The lowest BCUT2D eigenvalue weighted by Crippen LogP contribution is -2.41. The van der Waals surface area contributed by atoms with E-state index in [0.717, 1.165) is 38.5 Å². The van der Waals surface area contributed by atoms with Crippen molar-refractivity contribution in [2.45, 2.75) is 5.16 Å². The molecule has 1 fully saturated rings. The molecule has 0 atom stereocenters. The van der Waals surface area contributed by atoms with Crippen molar-refractivity contribution >= 4 is 29.3 Å². The largest absolute Gasteiger partial charge is 0.461 e. The van der Waals surface area contributed by atoms with Crippen LogP contribution in [-0.2, 0) is 9.53 Å². The van der Waals surface area contributed by atoms with Crippen molar-refractivity contribution in [3.63, 3.8) is 0 Å². The molecule has 158 valence electrons. The molecule has 1 N–H and O–H groups in total. The molecule has 0 unspecified atom stereocenters. The molecule has 1 aromatic carbocycles. The van der Waals surface area contributed by atoms with Crippen LogP contribution in [0, 0.1) is 0 Å². The van der Waals surface area contributed by atoms with Crippen molar-refractivity contribution in [2.75, 3.05) is 45.1 Å². The number of nitrogens with zero attached hydrogens (tertiary/aromatic N) is 4. The van der Waals surface area contributed by atoms with Gasteiger partial charge in [0.15, 0.2) is 10.9 Å². The Hall–Kier alpha value is -2.33. The van der Waals surface area contributed by atoms with Crippen molar-refractivity contribution in [3.05, 3.63) is 47.7 Å². The van der Waals surface area contributed by atoms with Crippen LogP contribution < -0.4 is 5.32 Å². The zero-order chi connectivity index (χ0) is 20.8. The number of furan rings is 1. The van der Waals surface area contributed by atoms with E-state index in [4.69, 9.17) is 20.8 Å². The van der Waals surface area contributed by atoms with E-state index in [1.807, 2.05) is 22.8 Å². The quantitative estimate of drug-likeness (QED) is 0.531. The summed E-state index contributed by atoms with van der Waals surface area (Å²) in [5, 5.41) is 12.8. The number of hydrogen-bond donors (Lipinski definition) is 1. The summed E-state index contributed by atoms with van der Waals surface area (Å²) in [6.45, 7) is 4.75. The monoisotopic (exact) mass is 447 g/mol. The van der Waals surface area contributed by atoms with Gasteiger partial charge in [0.2, 0.25) is 11.7 Å². The number of rotatable bonds is 8. The minimum absolute atomic E-state index is 0.0431. The first kappa shape index (κ1) is 20.9. The second-order valence-corrected chi connectivity index (χ2v) is 8.07. The summed E-state index contributed by atoms with van der Waals surface area (Å²) in [6, 6.07) is 11.0. The smallest absolute Gasteiger partial charge is 0.230 e. The fourth-order valence-corrected chi connectivity index (χ4v) is 4.02. The Balaban J connectivity index is 1.41. The first-order valence-corrected chi connectivity index (χ1v) is 11.0. The third kappa shape index (κ3) is 5.23. The second kappa shape index (κ2) is 10.1. The molecular weight excluding hydrogens is 426 g/mol. The van der Waals surface area contributed by atoms with Gasteiger partial charge in [-0.25, -0.2) is 0 Å². The van der Waals surface area contributed by atoms with Crippen molar-refractivity contribution in [1.29, 1.82) is 0 Å². The number of amides is 1. The molecule has 1 aliphatic heterocycles. The van der Waals surface area contributed by atoms with Crippen LogP contribution >= 0.6 is 23.4 Å². The van der Waals surface area contributed by atoms with Crippen molar-refractivity contribution in [3.8, 4) is 17.3 Å². The van der Waals surface area contributed by atoms with Crippen LogP contribution in [0.2, 0.25) is 5.02 Å². The molecule has 0 aliphatic carbocycles. The van der Waals surface area contributed by atoms with E-state index in [1.54, 1.807) is 24.5 Å². The summed E-state index contributed by atoms with van der Waals surface area (Å²) in [7, 11) is 0. The molecule has 4 rings (SSSR count). The van der Waals surface area contributed by atoms with Gasteiger partial charge in [0.05, 0.1) is 25.2 Å². The molecule has 30 heavy (non-hydrogen) atoms. The third-order valence-electron chi connectivity index (χ3n) is 4.65. The van der Waals surface area contributed by atoms with Crippen LogP contribution in [0.25, 0.3) is 17.3 Å². The van der Waals surface area contributed by atoms with E-state index in [2.05, 4.69) is 20.4 Å². The normalized spacial score (nSPS) is 14.7. The molecule has 0 saturated carbocycles. The molecule has 0 bridgehead atoms. The minimum Gasteiger partial charge on any atom is -0.461 e. The lowest BCUT2D eigenvalue weighted by atomic mass is 10.3. The Kier molecular flexibility index (Phi) is 7.06. The van der Waals surface area contributed by atoms with Gasteiger partial charge in [-0.05, 0) is 36.4 Å². The summed E-state index contributed by atoms with van der Waals surface area (Å²) in [6.07, 6.45) is 1.59. The number of ether oxygens (including phenoxy) is 1. The standard InChI is InChI=1S/C20H22ClN5O3S/c21-15-3-5-16(6-4-15)26-19(17-2-1-11-29-17)23-24-20(26)30-14-18(27)22-7-8-25-9-12-28-13-10-25/h1-6,11H,7-10,12-14H2,(H,22,27). The van der Waals surface area contributed by atoms with Gasteiger partial charge in [0.1, 0.15) is 0 Å². The Morgan fingerprint density at radius 2 is 1.97 bits per heavy atom. The zero-order valence-electron chi connectivity index (χ0n) is 16.3. The van der Waals surface area contributed by atoms with Crippen LogP contribution in [-0.4, -0.2) is 70.7 Å².